The second-order valence-electron chi connectivity index (χ2n) is 10.3. The molecule has 2 atom stereocenters. The molecule has 0 aliphatic rings. The monoisotopic (exact) mass is 717 g/mol. The van der Waals surface area contributed by atoms with Crippen LogP contribution in [0.15, 0.2) is 78.0 Å². The van der Waals surface area contributed by atoms with E-state index < -0.39 is 63.7 Å². The summed E-state index contributed by atoms with van der Waals surface area (Å²) in [5, 5.41) is 14.2. The molecule has 0 fully saturated rings. The van der Waals surface area contributed by atoms with Gasteiger partial charge in [0.25, 0.3) is 5.91 Å². The minimum Gasteiger partial charge on any atom is -0.755 e. The number of hydrogen-bond acceptors (Lipinski definition) is 7. The smallest absolute Gasteiger partial charge is 0.329 e. The second-order valence-corrected chi connectivity index (χ2v) is 12.0. The number of rotatable bonds is 13. The summed E-state index contributed by atoms with van der Waals surface area (Å²) < 4.78 is 57.5. The number of pyridine rings is 1. The van der Waals surface area contributed by atoms with Gasteiger partial charge >= 0.3 is 5.97 Å². The van der Waals surface area contributed by atoms with Crippen LogP contribution in [0.4, 0.5) is 20.4 Å². The molecule has 250 valence electrons. The third kappa shape index (κ3) is 7.33. The van der Waals surface area contributed by atoms with Crippen LogP contribution in [0, 0.1) is 11.6 Å². The molecule has 2 heterocycles. The highest BCUT2D eigenvalue weighted by Gasteiger charge is 2.31. The lowest BCUT2D eigenvalue weighted by molar-refractivity contribution is -0.138. The standard InChI is InChI=1S/C31H26Cl2F2N6O6S/c32-21-7-4-8-22(33)27(21)41(48(46)47)24(30(44)45)15-38-29(43)20-16-40(12-9-17-5-2-1-3-6-17)26-18(28(20)42)13-23(34)19(25(26)35)14-39-31-36-10-11-37-31/h1-8,10-11,13,16,24H,9,12,14-15H2,(H,38,43)(H,44,45)(H,46,47)(H2,36,37,39)/p-1. The second kappa shape index (κ2) is 14.9. The lowest BCUT2D eigenvalue weighted by Crippen LogP contribution is -2.50. The van der Waals surface area contributed by atoms with Crippen molar-refractivity contribution in [2.75, 3.05) is 16.2 Å². The van der Waals surface area contributed by atoms with E-state index >= 15 is 8.78 Å². The summed E-state index contributed by atoms with van der Waals surface area (Å²) in [6, 6.07) is 12.0. The third-order valence-electron chi connectivity index (χ3n) is 7.35. The summed E-state index contributed by atoms with van der Waals surface area (Å²) in [7, 11) is 0. The number of halogens is 4. The maximum atomic E-state index is 16.1. The first-order valence-electron chi connectivity index (χ1n) is 14.1. The molecular weight excluding hydrogens is 693 g/mol. The topological polar surface area (TPSA) is 172 Å². The summed E-state index contributed by atoms with van der Waals surface area (Å²) in [5.74, 6) is -4.61. The molecule has 0 saturated heterocycles. The summed E-state index contributed by atoms with van der Waals surface area (Å²) in [6.45, 7) is -1.11. The lowest BCUT2D eigenvalue weighted by Gasteiger charge is -2.33. The summed E-state index contributed by atoms with van der Waals surface area (Å²) in [4.78, 5) is 46.0. The highest BCUT2D eigenvalue weighted by molar-refractivity contribution is 7.80. The number of carboxylic acids is 1. The fraction of sp³-hybridized carbons (Fsp3) is 0.161. The largest absolute Gasteiger partial charge is 0.755 e. The number of amides is 1. The van der Waals surface area contributed by atoms with Crippen molar-refractivity contribution in [1.82, 2.24) is 19.9 Å². The molecule has 4 N–H and O–H groups in total. The van der Waals surface area contributed by atoms with Crippen LogP contribution in [-0.2, 0) is 35.6 Å². The van der Waals surface area contributed by atoms with Crippen LogP contribution in [-0.4, -0.2) is 52.9 Å². The van der Waals surface area contributed by atoms with E-state index in [9.17, 15) is 28.3 Å². The van der Waals surface area contributed by atoms with Gasteiger partial charge in [-0.3, -0.25) is 18.1 Å². The first-order valence-corrected chi connectivity index (χ1v) is 15.9. The van der Waals surface area contributed by atoms with E-state index in [1.54, 1.807) is 12.1 Å². The fourth-order valence-electron chi connectivity index (χ4n) is 5.04. The van der Waals surface area contributed by atoms with Gasteiger partial charge in [0.2, 0.25) is 5.43 Å². The molecule has 0 saturated carbocycles. The van der Waals surface area contributed by atoms with E-state index in [2.05, 4.69) is 20.6 Å². The van der Waals surface area contributed by atoms with Crippen LogP contribution in [0.25, 0.3) is 10.9 Å². The van der Waals surface area contributed by atoms with Gasteiger partial charge in [-0.2, -0.15) is 0 Å². The number of aromatic amines is 1. The number of nitrogens with one attached hydrogen (secondary N) is 3. The molecule has 0 bridgehead atoms. The molecule has 0 spiro atoms. The Kier molecular flexibility index (Phi) is 10.7. The van der Waals surface area contributed by atoms with Crippen LogP contribution in [0.5, 0.6) is 0 Å². The van der Waals surface area contributed by atoms with E-state index in [1.807, 2.05) is 18.2 Å². The number of benzene rings is 3. The maximum absolute atomic E-state index is 16.1. The quantitative estimate of drug-likeness (QED) is 0.128. The van der Waals surface area contributed by atoms with Crippen molar-refractivity contribution in [3.8, 4) is 0 Å². The minimum absolute atomic E-state index is 0.0559. The van der Waals surface area contributed by atoms with Gasteiger partial charge in [0.05, 0.1) is 33.2 Å². The van der Waals surface area contributed by atoms with Gasteiger partial charge in [-0.25, -0.2) is 18.6 Å². The van der Waals surface area contributed by atoms with Crippen LogP contribution < -0.4 is 20.4 Å². The predicted octanol–water partition coefficient (Wildman–Crippen LogP) is 4.65. The Morgan fingerprint density at radius 1 is 1.12 bits per heavy atom. The first kappa shape index (κ1) is 34.5. The van der Waals surface area contributed by atoms with Gasteiger partial charge in [0, 0.05) is 48.5 Å². The highest BCUT2D eigenvalue weighted by atomic mass is 35.5. The summed E-state index contributed by atoms with van der Waals surface area (Å²) in [5.41, 5.74) is -1.72. The van der Waals surface area contributed by atoms with E-state index in [1.165, 1.54) is 35.2 Å². The van der Waals surface area contributed by atoms with Gasteiger partial charge in [0.15, 0.2) is 17.8 Å². The molecule has 17 heteroatoms. The number of H-pyrrole nitrogens is 1. The van der Waals surface area contributed by atoms with E-state index in [0.29, 0.717) is 10.7 Å². The van der Waals surface area contributed by atoms with E-state index in [-0.39, 0.29) is 45.9 Å². The molecule has 1 amide bonds. The number of para-hydroxylation sites is 1. The Balaban J connectivity index is 1.52. The van der Waals surface area contributed by atoms with Crippen LogP contribution in [0.1, 0.15) is 21.5 Å². The number of hydrogen-bond donors (Lipinski definition) is 4. The molecule has 2 aromatic heterocycles. The van der Waals surface area contributed by atoms with Crippen molar-refractivity contribution in [1.29, 1.82) is 0 Å². The Hall–Kier alpha value is -4.83. The molecule has 5 aromatic rings. The third-order valence-corrected chi connectivity index (χ3v) is 8.72. The molecule has 5 rings (SSSR count). The van der Waals surface area contributed by atoms with Gasteiger partial charge in [0.1, 0.15) is 11.4 Å². The normalized spacial score (nSPS) is 12.4. The number of aromatic nitrogens is 3. The molecular formula is C31H25Cl2F2N6O6S-. The van der Waals surface area contributed by atoms with Crippen molar-refractivity contribution in [2.45, 2.75) is 25.6 Å². The number of anilines is 2. The summed E-state index contributed by atoms with van der Waals surface area (Å²) >= 11 is 9.03. The maximum Gasteiger partial charge on any atom is 0.329 e. The van der Waals surface area contributed by atoms with Crippen molar-refractivity contribution in [3.63, 3.8) is 0 Å². The average Bonchev–Trinajstić information content (AvgIpc) is 3.57. The zero-order valence-electron chi connectivity index (χ0n) is 24.6. The molecule has 2 unspecified atom stereocenters. The van der Waals surface area contributed by atoms with Gasteiger partial charge in [-0.15, -0.1) is 0 Å². The Morgan fingerprint density at radius 2 is 1.83 bits per heavy atom. The lowest BCUT2D eigenvalue weighted by atomic mass is 10.0. The number of fused-ring (bicyclic) bond motifs is 1. The number of imidazole rings is 1. The fourth-order valence-corrected chi connectivity index (χ4v) is 6.44. The van der Waals surface area contributed by atoms with Gasteiger partial charge in [-0.05, 0) is 30.2 Å². The van der Waals surface area contributed by atoms with Crippen molar-refractivity contribution in [3.05, 3.63) is 122 Å². The van der Waals surface area contributed by atoms with E-state index in [4.69, 9.17) is 23.2 Å². The van der Waals surface area contributed by atoms with Crippen molar-refractivity contribution >= 4 is 68.9 Å². The molecule has 0 aliphatic heterocycles. The highest BCUT2D eigenvalue weighted by Crippen LogP contribution is 2.35. The molecule has 48 heavy (non-hydrogen) atoms. The number of carbonyl (C=O) groups excluding carboxylic acids is 1. The molecule has 3 aromatic carbocycles. The van der Waals surface area contributed by atoms with Crippen LogP contribution in [0.2, 0.25) is 10.0 Å². The predicted molar refractivity (Wildman–Crippen MR) is 176 cm³/mol. The minimum atomic E-state index is -3.23. The number of aliphatic carboxylic acids is 1. The molecule has 0 aliphatic carbocycles. The van der Waals surface area contributed by atoms with Crippen LogP contribution >= 0.6 is 23.2 Å². The number of nitrogens with zero attached hydrogens (tertiary/aromatic N) is 3. The zero-order chi connectivity index (χ0) is 34.5. The van der Waals surface area contributed by atoms with E-state index in [0.717, 1.165) is 17.8 Å². The van der Waals surface area contributed by atoms with Crippen molar-refractivity contribution in [2.24, 2.45) is 0 Å². The Labute approximate surface area is 283 Å². The Morgan fingerprint density at radius 3 is 2.46 bits per heavy atom. The first-order chi connectivity index (χ1) is 23.0. The number of carbonyl (C=O) groups is 2. The van der Waals surface area contributed by atoms with Gasteiger partial charge < -0.3 is 29.8 Å². The van der Waals surface area contributed by atoms with Gasteiger partial charge in [-0.1, -0.05) is 59.6 Å². The van der Waals surface area contributed by atoms with Crippen molar-refractivity contribution < 1.29 is 32.2 Å². The Bertz CT molecular complexity index is 2050. The van der Waals surface area contributed by atoms with Crippen LogP contribution in [0.3, 0.4) is 0 Å². The molecule has 0 radical (unpaired) electrons. The number of aryl methyl sites for hydroxylation is 2. The SMILES string of the molecule is O=C(NCC(C(=O)O)N(c1c(Cl)cccc1Cl)S(=O)[O-])c1cn(CCc2ccccc2)c2c(F)c(CNc3ncc[nH]3)c(F)cc2c1=O. The number of carboxylic acid groups (broad SMARTS) is 1. The molecule has 12 nitrogen and oxygen atoms in total. The average molecular weight is 719 g/mol. The zero-order valence-corrected chi connectivity index (χ0v) is 26.9. The summed E-state index contributed by atoms with van der Waals surface area (Å²) in [6.07, 6.45) is 4.40.